The second kappa shape index (κ2) is 8.65. The Hall–Kier alpha value is -1.63. The molecular formula is C17H23Cl2N5O. The average Bonchev–Trinajstić information content (AvgIpc) is 2.97. The van der Waals surface area contributed by atoms with E-state index in [-0.39, 0.29) is 24.4 Å². The summed E-state index contributed by atoms with van der Waals surface area (Å²) in [5, 5.41) is 15.2. The molecule has 3 rings (SSSR count). The predicted octanol–water partition coefficient (Wildman–Crippen LogP) is 3.08. The van der Waals surface area contributed by atoms with Crippen LogP contribution in [0.4, 0.5) is 0 Å². The first-order valence-corrected chi connectivity index (χ1v) is 8.63. The topological polar surface area (TPSA) is 71.8 Å². The van der Waals surface area contributed by atoms with Crippen molar-refractivity contribution in [3.8, 4) is 0 Å². The second-order valence-electron chi connectivity index (χ2n) is 6.17. The molecule has 136 valence electrons. The summed E-state index contributed by atoms with van der Waals surface area (Å²) in [6.45, 7) is 5.74. The Kier molecular flexibility index (Phi) is 6.81. The molecule has 1 aliphatic rings. The van der Waals surface area contributed by atoms with Crippen molar-refractivity contribution >= 4 is 29.9 Å². The highest BCUT2D eigenvalue weighted by Gasteiger charge is 2.24. The quantitative estimate of drug-likeness (QED) is 0.850. The number of carbonyl (C=O) groups excluding carboxylic acids is 1. The zero-order valence-corrected chi connectivity index (χ0v) is 15.9. The highest BCUT2D eigenvalue weighted by atomic mass is 35.5. The number of piperidine rings is 1. The maximum Gasteiger partial charge on any atom is 0.274 e. The van der Waals surface area contributed by atoms with Gasteiger partial charge in [0.25, 0.3) is 5.91 Å². The molecule has 1 unspecified atom stereocenters. The van der Waals surface area contributed by atoms with Crippen molar-refractivity contribution in [3.63, 3.8) is 0 Å². The molecule has 0 radical (unpaired) electrons. The lowest BCUT2D eigenvalue weighted by atomic mass is 10.1. The van der Waals surface area contributed by atoms with E-state index in [0.717, 1.165) is 37.2 Å². The fourth-order valence-corrected chi connectivity index (χ4v) is 3.42. The van der Waals surface area contributed by atoms with Gasteiger partial charge in [0.15, 0.2) is 5.69 Å². The minimum absolute atomic E-state index is 0. The Morgan fingerprint density at radius 2 is 2.04 bits per heavy atom. The SMILES string of the molecule is Cc1c(C(=O)NC(C)c2ccccc2Cl)nnn1C1CCNCC1.Cl. The molecule has 6 nitrogen and oxygen atoms in total. The van der Waals surface area contributed by atoms with Crippen molar-refractivity contribution in [2.45, 2.75) is 38.8 Å². The molecule has 1 atom stereocenters. The number of carbonyl (C=O) groups is 1. The van der Waals surface area contributed by atoms with Gasteiger partial charge < -0.3 is 10.6 Å². The van der Waals surface area contributed by atoms with Crippen LogP contribution in [-0.4, -0.2) is 34.0 Å². The molecule has 1 aliphatic heterocycles. The van der Waals surface area contributed by atoms with Gasteiger partial charge in [-0.25, -0.2) is 4.68 Å². The first kappa shape index (κ1) is 19.7. The van der Waals surface area contributed by atoms with Crippen LogP contribution in [0.3, 0.4) is 0 Å². The normalized spacial score (nSPS) is 16.1. The molecule has 0 saturated carbocycles. The zero-order chi connectivity index (χ0) is 17.1. The van der Waals surface area contributed by atoms with Gasteiger partial charge in [-0.05, 0) is 51.4 Å². The molecule has 0 aliphatic carbocycles. The van der Waals surface area contributed by atoms with Gasteiger partial charge in [-0.1, -0.05) is 35.0 Å². The molecule has 1 saturated heterocycles. The van der Waals surface area contributed by atoms with E-state index in [4.69, 9.17) is 11.6 Å². The van der Waals surface area contributed by atoms with Gasteiger partial charge in [0, 0.05) is 5.02 Å². The van der Waals surface area contributed by atoms with Crippen molar-refractivity contribution in [2.24, 2.45) is 0 Å². The van der Waals surface area contributed by atoms with E-state index in [9.17, 15) is 4.79 Å². The van der Waals surface area contributed by atoms with Gasteiger partial charge in [0.05, 0.1) is 17.8 Å². The largest absolute Gasteiger partial charge is 0.344 e. The third kappa shape index (κ3) is 4.32. The standard InChI is InChI=1S/C17H22ClN5O.ClH/c1-11(14-5-3-4-6-15(14)18)20-17(24)16-12(2)23(22-21-16)13-7-9-19-10-8-13;/h3-6,11,13,19H,7-10H2,1-2H3,(H,20,24);1H. The predicted molar refractivity (Wildman–Crippen MR) is 100 cm³/mol. The molecule has 2 heterocycles. The Morgan fingerprint density at radius 3 is 2.72 bits per heavy atom. The van der Waals surface area contributed by atoms with Crippen LogP contribution in [0.15, 0.2) is 24.3 Å². The highest BCUT2D eigenvalue weighted by molar-refractivity contribution is 6.31. The molecule has 2 N–H and O–H groups in total. The Labute approximate surface area is 158 Å². The van der Waals surface area contributed by atoms with Crippen molar-refractivity contribution in [1.82, 2.24) is 25.6 Å². The van der Waals surface area contributed by atoms with Crippen LogP contribution >= 0.6 is 24.0 Å². The molecule has 25 heavy (non-hydrogen) atoms. The lowest BCUT2D eigenvalue weighted by molar-refractivity contribution is 0.0934. The van der Waals surface area contributed by atoms with Crippen molar-refractivity contribution in [2.75, 3.05) is 13.1 Å². The third-order valence-electron chi connectivity index (χ3n) is 4.52. The summed E-state index contributed by atoms with van der Waals surface area (Å²) in [6, 6.07) is 7.61. The summed E-state index contributed by atoms with van der Waals surface area (Å²) in [5.74, 6) is -0.222. The van der Waals surface area contributed by atoms with Crippen LogP contribution in [0.2, 0.25) is 5.02 Å². The minimum atomic E-state index is -0.222. The summed E-state index contributed by atoms with van der Waals surface area (Å²) in [7, 11) is 0. The number of amides is 1. The smallest absolute Gasteiger partial charge is 0.274 e. The van der Waals surface area contributed by atoms with E-state index < -0.39 is 0 Å². The zero-order valence-electron chi connectivity index (χ0n) is 14.3. The molecular weight excluding hydrogens is 361 g/mol. The highest BCUT2D eigenvalue weighted by Crippen LogP contribution is 2.23. The number of aromatic nitrogens is 3. The number of nitrogens with zero attached hydrogens (tertiary/aromatic N) is 3. The molecule has 1 fully saturated rings. The van der Waals surface area contributed by atoms with Crippen LogP contribution in [0.5, 0.6) is 0 Å². The second-order valence-corrected chi connectivity index (χ2v) is 6.57. The minimum Gasteiger partial charge on any atom is -0.344 e. The number of hydrogen-bond acceptors (Lipinski definition) is 4. The van der Waals surface area contributed by atoms with E-state index in [1.54, 1.807) is 0 Å². The Bertz CT molecular complexity index is 728. The number of nitrogens with one attached hydrogen (secondary N) is 2. The van der Waals surface area contributed by atoms with E-state index >= 15 is 0 Å². The van der Waals surface area contributed by atoms with E-state index in [1.807, 2.05) is 42.8 Å². The lowest BCUT2D eigenvalue weighted by Gasteiger charge is -2.23. The average molecular weight is 384 g/mol. The number of hydrogen-bond donors (Lipinski definition) is 2. The fraction of sp³-hybridized carbons (Fsp3) is 0.471. The van der Waals surface area contributed by atoms with Gasteiger partial charge in [-0.2, -0.15) is 0 Å². The summed E-state index contributed by atoms with van der Waals surface area (Å²) in [4.78, 5) is 12.6. The first-order valence-electron chi connectivity index (χ1n) is 8.25. The fourth-order valence-electron chi connectivity index (χ4n) is 3.12. The summed E-state index contributed by atoms with van der Waals surface area (Å²) >= 11 is 6.20. The van der Waals surface area contributed by atoms with Crippen LogP contribution in [0.1, 0.15) is 53.6 Å². The first-order chi connectivity index (χ1) is 11.6. The molecule has 1 aromatic heterocycles. The molecule has 1 aromatic carbocycles. The van der Waals surface area contributed by atoms with Gasteiger partial charge in [-0.15, -0.1) is 17.5 Å². The summed E-state index contributed by atoms with van der Waals surface area (Å²) in [6.07, 6.45) is 2.00. The van der Waals surface area contributed by atoms with E-state index in [2.05, 4.69) is 20.9 Å². The number of rotatable bonds is 4. The van der Waals surface area contributed by atoms with Crippen LogP contribution in [0, 0.1) is 6.92 Å². The number of benzene rings is 1. The summed E-state index contributed by atoms with van der Waals surface area (Å²) < 4.78 is 1.88. The molecule has 2 aromatic rings. The Morgan fingerprint density at radius 1 is 1.36 bits per heavy atom. The van der Waals surface area contributed by atoms with E-state index in [0.29, 0.717) is 16.8 Å². The van der Waals surface area contributed by atoms with Crippen molar-refractivity contribution in [1.29, 1.82) is 0 Å². The molecule has 1 amide bonds. The molecule has 0 bridgehead atoms. The van der Waals surface area contributed by atoms with Gasteiger partial charge in [0.2, 0.25) is 0 Å². The van der Waals surface area contributed by atoms with Crippen molar-refractivity contribution in [3.05, 3.63) is 46.2 Å². The molecule has 0 spiro atoms. The maximum absolute atomic E-state index is 12.6. The van der Waals surface area contributed by atoms with Gasteiger partial charge in [0.1, 0.15) is 0 Å². The Balaban J connectivity index is 0.00000225. The van der Waals surface area contributed by atoms with Crippen LogP contribution in [-0.2, 0) is 0 Å². The van der Waals surface area contributed by atoms with Crippen LogP contribution < -0.4 is 10.6 Å². The van der Waals surface area contributed by atoms with Crippen molar-refractivity contribution < 1.29 is 4.79 Å². The van der Waals surface area contributed by atoms with Gasteiger partial charge >= 0.3 is 0 Å². The third-order valence-corrected chi connectivity index (χ3v) is 4.86. The monoisotopic (exact) mass is 383 g/mol. The van der Waals surface area contributed by atoms with E-state index in [1.165, 1.54) is 0 Å². The number of halogens is 2. The van der Waals surface area contributed by atoms with Crippen LogP contribution in [0.25, 0.3) is 0 Å². The summed E-state index contributed by atoms with van der Waals surface area (Å²) in [5.41, 5.74) is 2.08. The molecule has 8 heteroatoms. The lowest BCUT2D eigenvalue weighted by Crippen LogP contribution is -2.31. The van der Waals surface area contributed by atoms with Gasteiger partial charge in [-0.3, -0.25) is 4.79 Å². The maximum atomic E-state index is 12.6.